The molecule has 0 bridgehead atoms. The fraction of sp³-hybridized carbons (Fsp3) is 0.667. The van der Waals surface area contributed by atoms with Crippen molar-refractivity contribution in [1.82, 2.24) is 10.3 Å². The maximum absolute atomic E-state index is 4.49. The van der Waals surface area contributed by atoms with Crippen molar-refractivity contribution in [2.45, 2.75) is 53.1 Å². The number of anilines is 1. The molecule has 0 aliphatic heterocycles. The third-order valence-corrected chi connectivity index (χ3v) is 3.01. The fourth-order valence-electron chi connectivity index (χ4n) is 1.85. The summed E-state index contributed by atoms with van der Waals surface area (Å²) in [5, 5.41) is 3.44. The van der Waals surface area contributed by atoms with Crippen LogP contribution in [-0.4, -0.2) is 24.1 Å². The monoisotopic (exact) mass is 249 g/mol. The highest BCUT2D eigenvalue weighted by Crippen LogP contribution is 2.13. The van der Waals surface area contributed by atoms with E-state index in [0.717, 1.165) is 25.5 Å². The highest BCUT2D eigenvalue weighted by molar-refractivity contribution is 5.40. The molecule has 3 heteroatoms. The van der Waals surface area contributed by atoms with Crippen LogP contribution in [0, 0.1) is 0 Å². The van der Waals surface area contributed by atoms with Crippen LogP contribution in [-0.2, 0) is 6.54 Å². The first-order valence-electron chi connectivity index (χ1n) is 7.10. The molecule has 3 nitrogen and oxygen atoms in total. The smallest absolute Gasteiger partial charge is 0.128 e. The van der Waals surface area contributed by atoms with Crippen LogP contribution in [0.2, 0.25) is 0 Å². The number of aromatic nitrogens is 1. The van der Waals surface area contributed by atoms with Crippen molar-refractivity contribution in [3.63, 3.8) is 0 Å². The molecule has 1 aromatic rings. The minimum Gasteiger partial charge on any atom is -0.357 e. The Hall–Kier alpha value is -1.09. The minimum atomic E-state index is 0.518. The van der Waals surface area contributed by atoms with Crippen molar-refractivity contribution >= 4 is 5.82 Å². The van der Waals surface area contributed by atoms with E-state index in [4.69, 9.17) is 0 Å². The molecule has 1 N–H and O–H groups in total. The SMILES string of the molecule is CCCCN(CC)c1cc(CNC(C)C)ccn1. The van der Waals surface area contributed by atoms with Gasteiger partial charge in [0.15, 0.2) is 0 Å². The molecule has 1 rings (SSSR count). The first kappa shape index (κ1) is 15.0. The summed E-state index contributed by atoms with van der Waals surface area (Å²) >= 11 is 0. The van der Waals surface area contributed by atoms with Crippen LogP contribution < -0.4 is 10.2 Å². The summed E-state index contributed by atoms with van der Waals surface area (Å²) in [5.74, 6) is 1.11. The maximum Gasteiger partial charge on any atom is 0.128 e. The number of hydrogen-bond donors (Lipinski definition) is 1. The third kappa shape index (κ3) is 5.05. The Morgan fingerprint density at radius 1 is 1.33 bits per heavy atom. The molecule has 0 aliphatic rings. The van der Waals surface area contributed by atoms with Crippen LogP contribution in [0.25, 0.3) is 0 Å². The van der Waals surface area contributed by atoms with E-state index in [2.05, 4.69) is 55.0 Å². The summed E-state index contributed by atoms with van der Waals surface area (Å²) < 4.78 is 0. The Morgan fingerprint density at radius 2 is 2.11 bits per heavy atom. The highest BCUT2D eigenvalue weighted by atomic mass is 15.2. The second-order valence-corrected chi connectivity index (χ2v) is 4.99. The number of nitrogens with one attached hydrogen (secondary N) is 1. The lowest BCUT2D eigenvalue weighted by atomic mass is 10.2. The van der Waals surface area contributed by atoms with Gasteiger partial charge in [-0.05, 0) is 31.0 Å². The fourth-order valence-corrected chi connectivity index (χ4v) is 1.85. The van der Waals surface area contributed by atoms with Gasteiger partial charge in [-0.15, -0.1) is 0 Å². The van der Waals surface area contributed by atoms with Gasteiger partial charge in [-0.1, -0.05) is 27.2 Å². The van der Waals surface area contributed by atoms with Gasteiger partial charge in [-0.25, -0.2) is 4.98 Å². The van der Waals surface area contributed by atoms with Gasteiger partial charge in [0.25, 0.3) is 0 Å². The van der Waals surface area contributed by atoms with Crippen LogP contribution in [0.5, 0.6) is 0 Å². The van der Waals surface area contributed by atoms with Crippen LogP contribution >= 0.6 is 0 Å². The summed E-state index contributed by atoms with van der Waals surface area (Å²) in [6.07, 6.45) is 4.37. The van der Waals surface area contributed by atoms with Gasteiger partial charge < -0.3 is 10.2 Å². The average Bonchev–Trinajstić information content (AvgIpc) is 2.38. The highest BCUT2D eigenvalue weighted by Gasteiger charge is 2.06. The maximum atomic E-state index is 4.49. The predicted molar refractivity (Wildman–Crippen MR) is 79.0 cm³/mol. The summed E-state index contributed by atoms with van der Waals surface area (Å²) in [7, 11) is 0. The van der Waals surface area contributed by atoms with E-state index in [-0.39, 0.29) is 0 Å². The molecule has 102 valence electrons. The lowest BCUT2D eigenvalue weighted by molar-refractivity contribution is 0.588. The molecule has 0 spiro atoms. The second kappa shape index (κ2) is 8.09. The van der Waals surface area contributed by atoms with Crippen molar-refractivity contribution in [3.05, 3.63) is 23.9 Å². The Morgan fingerprint density at radius 3 is 2.72 bits per heavy atom. The molecular weight excluding hydrogens is 222 g/mol. The van der Waals surface area contributed by atoms with Crippen LogP contribution in [0.3, 0.4) is 0 Å². The van der Waals surface area contributed by atoms with Crippen molar-refractivity contribution < 1.29 is 0 Å². The molecule has 1 heterocycles. The first-order chi connectivity index (χ1) is 8.67. The van der Waals surface area contributed by atoms with Crippen molar-refractivity contribution in [2.75, 3.05) is 18.0 Å². The zero-order chi connectivity index (χ0) is 13.4. The number of hydrogen-bond acceptors (Lipinski definition) is 3. The minimum absolute atomic E-state index is 0.518. The quantitative estimate of drug-likeness (QED) is 0.767. The Kier molecular flexibility index (Phi) is 6.73. The van der Waals surface area contributed by atoms with E-state index >= 15 is 0 Å². The van der Waals surface area contributed by atoms with Gasteiger partial charge in [0.1, 0.15) is 5.82 Å². The van der Waals surface area contributed by atoms with E-state index in [0.29, 0.717) is 6.04 Å². The van der Waals surface area contributed by atoms with Crippen LogP contribution in [0.15, 0.2) is 18.3 Å². The molecule has 0 saturated heterocycles. The second-order valence-electron chi connectivity index (χ2n) is 4.99. The Balaban J connectivity index is 2.66. The largest absolute Gasteiger partial charge is 0.357 e. The van der Waals surface area contributed by atoms with E-state index in [9.17, 15) is 0 Å². The van der Waals surface area contributed by atoms with E-state index in [1.54, 1.807) is 0 Å². The molecule has 18 heavy (non-hydrogen) atoms. The normalized spacial score (nSPS) is 10.9. The summed E-state index contributed by atoms with van der Waals surface area (Å²) in [6, 6.07) is 4.81. The number of pyridine rings is 1. The molecule has 1 aromatic heterocycles. The van der Waals surface area contributed by atoms with Gasteiger partial charge in [0, 0.05) is 31.9 Å². The molecule has 0 aromatic carbocycles. The zero-order valence-corrected chi connectivity index (χ0v) is 12.2. The Labute approximate surface area is 112 Å². The molecule has 0 radical (unpaired) electrons. The van der Waals surface area contributed by atoms with Gasteiger partial charge in [-0.2, -0.15) is 0 Å². The molecule has 0 amide bonds. The van der Waals surface area contributed by atoms with Crippen molar-refractivity contribution in [1.29, 1.82) is 0 Å². The van der Waals surface area contributed by atoms with Gasteiger partial charge in [-0.3, -0.25) is 0 Å². The summed E-state index contributed by atoms with van der Waals surface area (Å²) in [6.45, 7) is 11.8. The first-order valence-corrected chi connectivity index (χ1v) is 7.10. The van der Waals surface area contributed by atoms with Gasteiger partial charge in [0.2, 0.25) is 0 Å². The van der Waals surface area contributed by atoms with Gasteiger partial charge in [0.05, 0.1) is 0 Å². The summed E-state index contributed by atoms with van der Waals surface area (Å²) in [4.78, 5) is 6.84. The number of unbranched alkanes of at least 4 members (excludes halogenated alkanes) is 1. The molecule has 0 saturated carbocycles. The van der Waals surface area contributed by atoms with Crippen molar-refractivity contribution in [2.24, 2.45) is 0 Å². The van der Waals surface area contributed by atoms with Gasteiger partial charge >= 0.3 is 0 Å². The molecule has 0 atom stereocenters. The summed E-state index contributed by atoms with van der Waals surface area (Å²) in [5.41, 5.74) is 1.31. The predicted octanol–water partition coefficient (Wildman–Crippen LogP) is 3.21. The van der Waals surface area contributed by atoms with Crippen LogP contribution in [0.1, 0.15) is 46.1 Å². The molecule has 0 unspecified atom stereocenters. The van der Waals surface area contributed by atoms with E-state index < -0.39 is 0 Å². The molecular formula is C15H27N3. The van der Waals surface area contributed by atoms with Crippen molar-refractivity contribution in [3.8, 4) is 0 Å². The lowest BCUT2D eigenvalue weighted by Crippen LogP contribution is -2.25. The van der Waals surface area contributed by atoms with E-state index in [1.807, 2.05) is 6.20 Å². The van der Waals surface area contributed by atoms with Crippen LogP contribution in [0.4, 0.5) is 5.82 Å². The molecule has 0 aliphatic carbocycles. The lowest BCUT2D eigenvalue weighted by Gasteiger charge is -2.22. The third-order valence-electron chi connectivity index (χ3n) is 3.01. The van der Waals surface area contributed by atoms with E-state index in [1.165, 1.54) is 18.4 Å². The molecule has 0 fully saturated rings. The standard InChI is InChI=1S/C15H27N3/c1-5-7-10-18(6-2)15-11-14(8-9-16-15)12-17-13(3)4/h8-9,11,13,17H,5-7,10,12H2,1-4H3. The topological polar surface area (TPSA) is 28.2 Å². The zero-order valence-electron chi connectivity index (χ0n) is 12.2. The number of nitrogens with zero attached hydrogens (tertiary/aromatic N) is 2. The number of rotatable bonds is 8. The average molecular weight is 249 g/mol. The Bertz CT molecular complexity index is 336.